The predicted molar refractivity (Wildman–Crippen MR) is 72.9 cm³/mol. The van der Waals surface area contributed by atoms with E-state index < -0.39 is 11.6 Å². The van der Waals surface area contributed by atoms with Crippen LogP contribution in [0.25, 0.3) is 0 Å². The number of carbonyl (C=O) groups is 1. The molecular weight excluding hydrogens is 348 g/mol. The predicted octanol–water partition coefficient (Wildman–Crippen LogP) is 4.13. The van der Waals surface area contributed by atoms with Crippen LogP contribution in [0.1, 0.15) is 12.8 Å². The number of amides is 1. The molecule has 2 nitrogen and oxygen atoms in total. The van der Waals surface area contributed by atoms with Crippen molar-refractivity contribution < 1.29 is 13.6 Å². The minimum Gasteiger partial charge on any atom is -0.322 e. The van der Waals surface area contributed by atoms with Crippen molar-refractivity contribution in [2.24, 2.45) is 0 Å². The highest BCUT2D eigenvalue weighted by Crippen LogP contribution is 2.37. The Morgan fingerprint density at radius 3 is 2.72 bits per heavy atom. The van der Waals surface area contributed by atoms with Crippen LogP contribution in [0.4, 0.5) is 14.5 Å². The topological polar surface area (TPSA) is 29.1 Å². The molecule has 7 heteroatoms. The summed E-state index contributed by atoms with van der Waals surface area (Å²) < 4.78 is 26.5. The zero-order valence-electron chi connectivity index (χ0n) is 9.05. The molecule has 2 unspecified atom stereocenters. The van der Waals surface area contributed by atoms with Gasteiger partial charge in [-0.05, 0) is 34.8 Å². The molecule has 2 atom stereocenters. The monoisotopic (exact) mass is 355 g/mol. The maximum atomic E-state index is 13.5. The maximum absolute atomic E-state index is 13.5. The highest BCUT2D eigenvalue weighted by Gasteiger charge is 2.30. The van der Waals surface area contributed by atoms with E-state index >= 15 is 0 Å². The van der Waals surface area contributed by atoms with Gasteiger partial charge in [0.2, 0.25) is 5.91 Å². The summed E-state index contributed by atoms with van der Waals surface area (Å²) in [6.07, 6.45) is 1.41. The van der Waals surface area contributed by atoms with Gasteiger partial charge in [-0.1, -0.05) is 0 Å². The van der Waals surface area contributed by atoms with Gasteiger partial charge in [0.1, 0.15) is 5.82 Å². The van der Waals surface area contributed by atoms with Crippen molar-refractivity contribution >= 4 is 50.9 Å². The summed E-state index contributed by atoms with van der Waals surface area (Å²) in [6.45, 7) is 0. The minimum absolute atomic E-state index is 0.0416. The van der Waals surface area contributed by atoms with Crippen LogP contribution in [0.15, 0.2) is 16.6 Å². The van der Waals surface area contributed by atoms with Gasteiger partial charge in [-0.25, -0.2) is 8.78 Å². The van der Waals surface area contributed by atoms with Crippen LogP contribution in [-0.4, -0.2) is 15.9 Å². The zero-order valence-corrected chi connectivity index (χ0v) is 12.2. The summed E-state index contributed by atoms with van der Waals surface area (Å²) in [5.74, 6) is -1.82. The fourth-order valence-corrected chi connectivity index (χ4v) is 3.74. The van der Waals surface area contributed by atoms with Gasteiger partial charge in [0.15, 0.2) is 5.82 Å². The summed E-state index contributed by atoms with van der Waals surface area (Å²) in [6, 6.07) is 1.83. The number of benzene rings is 1. The van der Waals surface area contributed by atoms with E-state index in [4.69, 9.17) is 11.6 Å². The molecule has 0 bridgehead atoms. The molecule has 1 fully saturated rings. The zero-order chi connectivity index (χ0) is 13.3. The van der Waals surface area contributed by atoms with Crippen LogP contribution < -0.4 is 5.32 Å². The summed E-state index contributed by atoms with van der Waals surface area (Å²) >= 11 is 10.3. The molecular formula is C11H9BrClF2NOS. The molecule has 1 heterocycles. The first-order valence-electron chi connectivity index (χ1n) is 5.22. The van der Waals surface area contributed by atoms with Gasteiger partial charge in [-0.15, -0.1) is 23.4 Å². The average Bonchev–Trinajstić information content (AvgIpc) is 2.70. The summed E-state index contributed by atoms with van der Waals surface area (Å²) in [4.78, 5) is 11.9. The standard InChI is InChI=1S/C11H9BrClF2NOS/c12-6-3-5(14)4-7(15)10(6)16-11(17)8-1-2-9(13)18-8/h3-4,8-9H,1-2H2,(H,16,17). The number of hydrogen-bond donors (Lipinski definition) is 1. The molecule has 1 aromatic rings. The maximum Gasteiger partial charge on any atom is 0.237 e. The first-order chi connectivity index (χ1) is 8.47. The van der Waals surface area contributed by atoms with Crippen molar-refractivity contribution in [3.63, 3.8) is 0 Å². The lowest BCUT2D eigenvalue weighted by Gasteiger charge is -2.12. The molecule has 1 aromatic carbocycles. The second kappa shape index (κ2) is 5.75. The fourth-order valence-electron chi connectivity index (χ4n) is 1.65. The summed E-state index contributed by atoms with van der Waals surface area (Å²) in [7, 11) is 0. The number of anilines is 1. The Kier molecular flexibility index (Phi) is 4.50. The minimum atomic E-state index is -0.805. The first kappa shape index (κ1) is 14.1. The van der Waals surface area contributed by atoms with Gasteiger partial charge in [0, 0.05) is 10.5 Å². The molecule has 2 rings (SSSR count). The Hall–Kier alpha value is -0.330. The number of carbonyl (C=O) groups excluding carboxylic acids is 1. The van der Waals surface area contributed by atoms with Gasteiger partial charge < -0.3 is 5.32 Å². The van der Waals surface area contributed by atoms with E-state index in [9.17, 15) is 13.6 Å². The Morgan fingerprint density at radius 1 is 1.44 bits per heavy atom. The van der Waals surface area contributed by atoms with E-state index in [1.807, 2.05) is 0 Å². The highest BCUT2D eigenvalue weighted by atomic mass is 79.9. The molecule has 98 valence electrons. The largest absolute Gasteiger partial charge is 0.322 e. The molecule has 18 heavy (non-hydrogen) atoms. The molecule has 1 N–H and O–H groups in total. The van der Waals surface area contributed by atoms with Crippen molar-refractivity contribution in [2.45, 2.75) is 22.8 Å². The number of alkyl halides is 1. The molecule has 0 radical (unpaired) electrons. The highest BCUT2D eigenvalue weighted by molar-refractivity contribution is 9.10. The van der Waals surface area contributed by atoms with Crippen molar-refractivity contribution in [1.82, 2.24) is 0 Å². The second-order valence-corrected chi connectivity index (χ2v) is 6.90. The normalized spacial score (nSPS) is 23.1. The van der Waals surface area contributed by atoms with Crippen molar-refractivity contribution in [3.05, 3.63) is 28.2 Å². The fraction of sp³-hybridized carbons (Fsp3) is 0.364. The number of rotatable bonds is 2. The van der Waals surface area contributed by atoms with Crippen molar-refractivity contribution in [2.75, 3.05) is 5.32 Å². The van der Waals surface area contributed by atoms with Crippen LogP contribution in [-0.2, 0) is 4.79 Å². The lowest BCUT2D eigenvalue weighted by atomic mass is 10.2. The van der Waals surface area contributed by atoms with Crippen molar-refractivity contribution in [1.29, 1.82) is 0 Å². The average molecular weight is 357 g/mol. The van der Waals surface area contributed by atoms with E-state index in [1.54, 1.807) is 0 Å². The van der Waals surface area contributed by atoms with Gasteiger partial charge in [0.25, 0.3) is 0 Å². The van der Waals surface area contributed by atoms with Crippen LogP contribution in [0.3, 0.4) is 0 Å². The van der Waals surface area contributed by atoms with Crippen LogP contribution >= 0.6 is 39.3 Å². The third-order valence-electron chi connectivity index (χ3n) is 2.52. The van der Waals surface area contributed by atoms with Crippen LogP contribution in [0, 0.1) is 11.6 Å². The number of halogens is 4. The lowest BCUT2D eigenvalue weighted by Crippen LogP contribution is -2.23. The number of hydrogen-bond acceptors (Lipinski definition) is 2. The third kappa shape index (κ3) is 3.16. The first-order valence-corrected chi connectivity index (χ1v) is 7.39. The van der Waals surface area contributed by atoms with Crippen LogP contribution in [0.2, 0.25) is 0 Å². The number of thioether (sulfide) groups is 1. The third-order valence-corrected chi connectivity index (χ3v) is 4.98. The van der Waals surface area contributed by atoms with E-state index in [-0.39, 0.29) is 26.0 Å². The van der Waals surface area contributed by atoms with Gasteiger partial charge >= 0.3 is 0 Å². The summed E-state index contributed by atoms with van der Waals surface area (Å²) in [5, 5.41) is 2.17. The Morgan fingerprint density at radius 2 is 2.17 bits per heavy atom. The summed E-state index contributed by atoms with van der Waals surface area (Å²) in [5.41, 5.74) is -0.0416. The van der Waals surface area contributed by atoms with Crippen LogP contribution in [0.5, 0.6) is 0 Å². The molecule has 1 amide bonds. The second-order valence-electron chi connectivity index (χ2n) is 3.85. The van der Waals surface area contributed by atoms with E-state index in [2.05, 4.69) is 21.2 Å². The smallest absolute Gasteiger partial charge is 0.237 e. The van der Waals surface area contributed by atoms with Crippen molar-refractivity contribution in [3.8, 4) is 0 Å². The van der Waals surface area contributed by atoms with Gasteiger partial charge in [-0.2, -0.15) is 0 Å². The molecule has 1 aliphatic rings. The molecule has 0 saturated carbocycles. The number of nitrogens with one attached hydrogen (secondary N) is 1. The SMILES string of the molecule is O=C(Nc1c(F)cc(F)cc1Br)C1CCC(Cl)S1. The van der Waals surface area contributed by atoms with E-state index in [0.717, 1.165) is 18.6 Å². The molecule has 0 spiro atoms. The molecule has 0 aromatic heterocycles. The Balaban J connectivity index is 2.12. The quantitative estimate of drug-likeness (QED) is 0.808. The van der Waals surface area contributed by atoms with E-state index in [1.165, 1.54) is 11.8 Å². The Bertz CT molecular complexity index is 465. The molecule has 1 saturated heterocycles. The van der Waals surface area contributed by atoms with E-state index in [0.29, 0.717) is 6.42 Å². The van der Waals surface area contributed by atoms with Gasteiger partial charge in [0.05, 0.1) is 15.6 Å². The van der Waals surface area contributed by atoms with Gasteiger partial charge in [-0.3, -0.25) is 4.79 Å². The lowest BCUT2D eigenvalue weighted by molar-refractivity contribution is -0.115. The molecule has 1 aliphatic heterocycles. The molecule has 0 aliphatic carbocycles. The Labute approximate surface area is 121 Å².